The second-order valence-corrected chi connectivity index (χ2v) is 5.99. The fraction of sp³-hybridized carbons (Fsp3) is 0.647. The Morgan fingerprint density at radius 3 is 2.43 bits per heavy atom. The van der Waals surface area contributed by atoms with Gasteiger partial charge in [-0.15, -0.1) is 0 Å². The number of aliphatic hydroxyl groups excluding tert-OH is 1. The molecule has 1 aliphatic heterocycles. The van der Waals surface area contributed by atoms with Crippen molar-refractivity contribution in [2.24, 2.45) is 0 Å². The number of likely N-dealkylation sites (tertiary alicyclic amines) is 1. The lowest BCUT2D eigenvalue weighted by Gasteiger charge is -2.30. The molecule has 0 amide bonds. The topological polar surface area (TPSA) is 35.9 Å². The zero-order valence-electron chi connectivity index (χ0n) is 13.5. The maximum Gasteiger partial charge on any atom is 0.118 e. The number of methoxy groups -OCH3 is 1. The molecule has 0 bridgehead atoms. The first-order valence-electron chi connectivity index (χ1n) is 7.86. The highest BCUT2D eigenvalue weighted by Gasteiger charge is 2.21. The van der Waals surface area contributed by atoms with Gasteiger partial charge in [0.2, 0.25) is 0 Å². The summed E-state index contributed by atoms with van der Waals surface area (Å²) in [6, 6.07) is 7.77. The summed E-state index contributed by atoms with van der Waals surface area (Å²) in [4.78, 5) is 4.75. The molecule has 1 fully saturated rings. The number of benzene rings is 1. The van der Waals surface area contributed by atoms with Crippen molar-refractivity contribution < 1.29 is 9.84 Å². The van der Waals surface area contributed by atoms with Crippen molar-refractivity contribution in [2.75, 3.05) is 40.3 Å². The van der Waals surface area contributed by atoms with Crippen LogP contribution >= 0.6 is 0 Å². The second-order valence-electron chi connectivity index (χ2n) is 5.99. The van der Waals surface area contributed by atoms with Crippen LogP contribution in [-0.2, 0) is 0 Å². The van der Waals surface area contributed by atoms with Crippen molar-refractivity contribution in [3.63, 3.8) is 0 Å². The number of nitrogens with zero attached hydrogens (tertiary/aromatic N) is 2. The van der Waals surface area contributed by atoms with Gasteiger partial charge in [-0.25, -0.2) is 0 Å². The molecular weight excluding hydrogens is 264 g/mol. The number of rotatable bonds is 7. The first kappa shape index (κ1) is 16.3. The summed E-state index contributed by atoms with van der Waals surface area (Å²) >= 11 is 0. The number of likely N-dealkylation sites (N-methyl/N-ethyl adjacent to an activating group) is 1. The predicted octanol–water partition coefficient (Wildman–Crippen LogP) is 2.14. The van der Waals surface area contributed by atoms with E-state index >= 15 is 0 Å². The number of hydrogen-bond acceptors (Lipinski definition) is 4. The number of hydrogen-bond donors (Lipinski definition) is 1. The van der Waals surface area contributed by atoms with Gasteiger partial charge in [0.05, 0.1) is 13.2 Å². The van der Waals surface area contributed by atoms with Gasteiger partial charge in [-0.3, -0.25) is 4.90 Å². The zero-order valence-corrected chi connectivity index (χ0v) is 13.5. The van der Waals surface area contributed by atoms with Crippen LogP contribution in [0.25, 0.3) is 0 Å². The third-order valence-electron chi connectivity index (χ3n) is 4.58. The van der Waals surface area contributed by atoms with Gasteiger partial charge in [0.25, 0.3) is 0 Å². The zero-order chi connectivity index (χ0) is 15.2. The summed E-state index contributed by atoms with van der Waals surface area (Å²) in [5, 5.41) is 10.5. The molecule has 1 saturated heterocycles. The summed E-state index contributed by atoms with van der Waals surface area (Å²) < 4.78 is 5.15. The van der Waals surface area contributed by atoms with Crippen LogP contribution in [0.4, 0.5) is 0 Å². The molecule has 4 heteroatoms. The van der Waals surface area contributed by atoms with E-state index in [9.17, 15) is 5.11 Å². The molecule has 0 radical (unpaired) electrons. The molecule has 118 valence electrons. The molecule has 1 aromatic rings. The Balaban J connectivity index is 1.85. The summed E-state index contributed by atoms with van der Waals surface area (Å²) in [5.74, 6) is 0.820. The van der Waals surface area contributed by atoms with Crippen LogP contribution in [0.1, 0.15) is 31.4 Å². The Labute approximate surface area is 128 Å². The van der Waals surface area contributed by atoms with Crippen LogP contribution in [0.3, 0.4) is 0 Å². The summed E-state index contributed by atoms with van der Waals surface area (Å²) in [6.45, 7) is 6.62. The maximum atomic E-state index is 10.5. The molecule has 4 nitrogen and oxygen atoms in total. The first-order chi connectivity index (χ1) is 10.1. The molecular formula is C17H28N2O2. The molecule has 1 N–H and O–H groups in total. The maximum absolute atomic E-state index is 10.5. The Morgan fingerprint density at radius 2 is 1.86 bits per heavy atom. The molecule has 0 spiro atoms. The lowest BCUT2D eigenvalue weighted by atomic mass is 10.0. The van der Waals surface area contributed by atoms with Crippen molar-refractivity contribution in [3.05, 3.63) is 29.8 Å². The minimum Gasteiger partial charge on any atom is -0.497 e. The quantitative estimate of drug-likeness (QED) is 0.835. The van der Waals surface area contributed by atoms with E-state index in [-0.39, 0.29) is 6.04 Å². The van der Waals surface area contributed by atoms with Crippen LogP contribution in [0.15, 0.2) is 24.3 Å². The molecule has 1 aliphatic rings. The fourth-order valence-electron chi connectivity index (χ4n) is 2.83. The van der Waals surface area contributed by atoms with E-state index in [1.165, 1.54) is 25.9 Å². The van der Waals surface area contributed by atoms with Crippen LogP contribution < -0.4 is 4.74 Å². The average Bonchev–Trinajstić information content (AvgIpc) is 3.04. The highest BCUT2D eigenvalue weighted by Crippen LogP contribution is 2.22. The minimum absolute atomic E-state index is 0.0981. The van der Waals surface area contributed by atoms with E-state index in [1.54, 1.807) is 7.11 Å². The van der Waals surface area contributed by atoms with Crippen LogP contribution in [-0.4, -0.2) is 61.3 Å². The first-order valence-corrected chi connectivity index (χ1v) is 7.86. The van der Waals surface area contributed by atoms with Crippen LogP contribution in [0.5, 0.6) is 5.75 Å². The van der Waals surface area contributed by atoms with Gasteiger partial charge in [0.1, 0.15) is 5.75 Å². The molecule has 1 heterocycles. The number of ether oxygens (including phenoxy) is 1. The largest absolute Gasteiger partial charge is 0.497 e. The number of aliphatic hydroxyl groups is 1. The van der Waals surface area contributed by atoms with E-state index < -0.39 is 6.10 Å². The van der Waals surface area contributed by atoms with Gasteiger partial charge in [0.15, 0.2) is 0 Å². The highest BCUT2D eigenvalue weighted by atomic mass is 16.5. The van der Waals surface area contributed by atoms with Gasteiger partial charge < -0.3 is 14.7 Å². The summed E-state index contributed by atoms with van der Waals surface area (Å²) in [6.07, 6.45) is 2.18. The molecule has 21 heavy (non-hydrogen) atoms. The van der Waals surface area contributed by atoms with Crippen molar-refractivity contribution in [1.82, 2.24) is 9.80 Å². The molecule has 1 aromatic carbocycles. The molecule has 0 saturated carbocycles. The Hall–Kier alpha value is -1.10. The monoisotopic (exact) mass is 292 g/mol. The third kappa shape index (κ3) is 4.43. The molecule has 2 rings (SSSR count). The van der Waals surface area contributed by atoms with Crippen LogP contribution in [0.2, 0.25) is 0 Å². The SMILES string of the molecule is COc1ccc(C(O)C(C)N(C)CCN2CCCC2)cc1. The van der Waals surface area contributed by atoms with Crippen molar-refractivity contribution in [2.45, 2.75) is 31.9 Å². The lowest BCUT2D eigenvalue weighted by Crippen LogP contribution is -2.39. The normalized spacial score (nSPS) is 18.9. The third-order valence-corrected chi connectivity index (χ3v) is 4.58. The van der Waals surface area contributed by atoms with E-state index in [4.69, 9.17) is 4.74 Å². The van der Waals surface area contributed by atoms with Gasteiger partial charge in [-0.1, -0.05) is 12.1 Å². The smallest absolute Gasteiger partial charge is 0.118 e. The highest BCUT2D eigenvalue weighted by molar-refractivity contribution is 5.29. The molecule has 0 aromatic heterocycles. The van der Waals surface area contributed by atoms with E-state index in [1.807, 2.05) is 24.3 Å². The Morgan fingerprint density at radius 1 is 1.24 bits per heavy atom. The van der Waals surface area contributed by atoms with Crippen molar-refractivity contribution in [3.8, 4) is 5.75 Å². The molecule has 2 unspecified atom stereocenters. The van der Waals surface area contributed by atoms with Crippen molar-refractivity contribution in [1.29, 1.82) is 0 Å². The average molecular weight is 292 g/mol. The fourth-order valence-corrected chi connectivity index (χ4v) is 2.83. The molecule has 0 aliphatic carbocycles. The van der Waals surface area contributed by atoms with Gasteiger partial charge in [-0.2, -0.15) is 0 Å². The Kier molecular flexibility index (Phi) is 6.03. The van der Waals surface area contributed by atoms with Crippen molar-refractivity contribution >= 4 is 0 Å². The summed E-state index contributed by atoms with van der Waals surface area (Å²) in [7, 11) is 3.74. The molecule has 2 atom stereocenters. The van der Waals surface area contributed by atoms with Gasteiger partial charge in [0, 0.05) is 19.1 Å². The van der Waals surface area contributed by atoms with E-state index in [2.05, 4.69) is 23.8 Å². The predicted molar refractivity (Wildman–Crippen MR) is 85.7 cm³/mol. The van der Waals surface area contributed by atoms with E-state index in [0.717, 1.165) is 24.4 Å². The minimum atomic E-state index is -0.473. The van der Waals surface area contributed by atoms with Crippen LogP contribution in [0, 0.1) is 0 Å². The lowest BCUT2D eigenvalue weighted by molar-refractivity contribution is 0.0680. The standard InChI is InChI=1S/C17H28N2O2/c1-14(18(2)12-13-19-10-4-5-11-19)17(20)15-6-8-16(21-3)9-7-15/h6-9,14,17,20H,4-5,10-13H2,1-3H3. The van der Waals surface area contributed by atoms with Gasteiger partial charge in [-0.05, 0) is 57.6 Å². The Bertz CT molecular complexity index is 415. The van der Waals surface area contributed by atoms with Gasteiger partial charge >= 0.3 is 0 Å². The summed E-state index contributed by atoms with van der Waals surface area (Å²) in [5.41, 5.74) is 0.941. The van der Waals surface area contributed by atoms with E-state index in [0.29, 0.717) is 0 Å². The second kappa shape index (κ2) is 7.78.